The van der Waals surface area contributed by atoms with E-state index in [0.717, 1.165) is 16.5 Å². The molecule has 1 aliphatic rings. The monoisotopic (exact) mass is 462 g/mol. The van der Waals surface area contributed by atoms with Crippen molar-refractivity contribution in [3.63, 3.8) is 0 Å². The van der Waals surface area contributed by atoms with E-state index in [9.17, 15) is 18.0 Å². The number of thiophene rings is 1. The maximum atomic E-state index is 12.7. The molecule has 2 nitrogen and oxygen atoms in total. The number of alkyl halides is 3. The van der Waals surface area contributed by atoms with E-state index in [-0.39, 0.29) is 6.61 Å². The van der Waals surface area contributed by atoms with Crippen LogP contribution in [0.1, 0.15) is 24.3 Å². The van der Waals surface area contributed by atoms with Crippen LogP contribution in [-0.4, -0.2) is 12.1 Å². The van der Waals surface area contributed by atoms with Crippen LogP contribution in [0.15, 0.2) is 41.4 Å². The fourth-order valence-electron chi connectivity index (χ4n) is 3.36. The maximum absolute atomic E-state index is 12.7. The number of allylic oxidation sites excluding steroid dienone is 2. The Bertz CT molecular complexity index is 963. The van der Waals surface area contributed by atoms with Crippen molar-refractivity contribution in [2.45, 2.75) is 33.6 Å². The molecule has 0 spiro atoms. The fourth-order valence-corrected chi connectivity index (χ4v) is 4.53. The van der Waals surface area contributed by atoms with Crippen LogP contribution in [0, 0.1) is 24.2 Å². The Hall–Kier alpha value is -1.50. The van der Waals surface area contributed by atoms with Gasteiger partial charge in [0, 0.05) is 20.3 Å². The van der Waals surface area contributed by atoms with E-state index in [4.69, 9.17) is 27.9 Å². The molecule has 1 fully saturated rings. The summed E-state index contributed by atoms with van der Waals surface area (Å²) in [7, 11) is 0. The van der Waals surface area contributed by atoms with Gasteiger partial charge in [-0.1, -0.05) is 49.2 Å². The Morgan fingerprint density at radius 3 is 2.55 bits per heavy atom. The summed E-state index contributed by atoms with van der Waals surface area (Å²) in [6.45, 7) is 5.40. The second kappa shape index (κ2) is 7.97. The summed E-state index contributed by atoms with van der Waals surface area (Å²) in [5.41, 5.74) is 0.952. The third-order valence-corrected chi connectivity index (χ3v) is 6.96. The third-order valence-electron chi connectivity index (χ3n) is 5.20. The molecule has 1 aromatic heterocycles. The summed E-state index contributed by atoms with van der Waals surface area (Å²) in [5.74, 6) is -1.86. The molecular weight excluding hydrogens is 444 g/mol. The minimum absolute atomic E-state index is 0.0497. The lowest BCUT2D eigenvalue weighted by molar-refractivity contribution is -0.147. The average Bonchev–Trinajstić information content (AvgIpc) is 2.94. The van der Waals surface area contributed by atoms with Gasteiger partial charge in [-0.2, -0.15) is 13.2 Å². The van der Waals surface area contributed by atoms with Gasteiger partial charge in [0.05, 0.1) is 5.92 Å². The number of halogens is 5. The smallest absolute Gasteiger partial charge is 0.426 e. The van der Waals surface area contributed by atoms with Crippen molar-refractivity contribution < 1.29 is 22.7 Å². The molecule has 0 bridgehead atoms. The van der Waals surface area contributed by atoms with Crippen molar-refractivity contribution >= 4 is 40.5 Å². The predicted octanol–water partition coefficient (Wildman–Crippen LogP) is 7.38. The van der Waals surface area contributed by atoms with E-state index in [1.165, 1.54) is 4.88 Å². The first-order chi connectivity index (χ1) is 13.4. The molecule has 8 heteroatoms. The number of ether oxygens (including phenoxy) is 1. The largest absolute Gasteiger partial charge is 0.461 e. The Kier molecular flexibility index (Phi) is 6.10. The van der Waals surface area contributed by atoms with Gasteiger partial charge in [0.2, 0.25) is 0 Å². The van der Waals surface area contributed by atoms with E-state index in [2.05, 4.69) is 0 Å². The van der Waals surface area contributed by atoms with E-state index in [1.54, 1.807) is 31.3 Å². The van der Waals surface area contributed by atoms with Gasteiger partial charge in [0.25, 0.3) is 0 Å². The molecular formula is C21H19Cl2F3O2S. The highest BCUT2D eigenvalue weighted by atomic mass is 35.5. The minimum atomic E-state index is -4.62. The number of esters is 1. The Morgan fingerprint density at radius 1 is 1.28 bits per heavy atom. The molecule has 1 aromatic carbocycles. The number of carbonyl (C=O) groups excluding carboxylic acids is 1. The van der Waals surface area contributed by atoms with Gasteiger partial charge < -0.3 is 4.74 Å². The van der Waals surface area contributed by atoms with Crippen LogP contribution in [0.4, 0.5) is 13.2 Å². The first-order valence-corrected chi connectivity index (χ1v) is 10.4. The number of benzene rings is 1. The molecule has 1 aliphatic carbocycles. The van der Waals surface area contributed by atoms with Crippen LogP contribution in [0.3, 0.4) is 0 Å². The van der Waals surface area contributed by atoms with Crippen molar-refractivity contribution in [3.05, 3.63) is 56.9 Å². The van der Waals surface area contributed by atoms with Crippen LogP contribution in [0.5, 0.6) is 0 Å². The highest BCUT2D eigenvalue weighted by Crippen LogP contribution is 2.60. The highest BCUT2D eigenvalue weighted by molar-refractivity contribution is 7.15. The van der Waals surface area contributed by atoms with Gasteiger partial charge in [0.1, 0.15) is 11.6 Å². The molecule has 3 rings (SSSR count). The highest BCUT2D eigenvalue weighted by Gasteiger charge is 2.62. The van der Waals surface area contributed by atoms with Crippen molar-refractivity contribution in [2.24, 2.45) is 17.3 Å². The summed E-state index contributed by atoms with van der Waals surface area (Å²) < 4.78 is 43.4. The summed E-state index contributed by atoms with van der Waals surface area (Å²) >= 11 is 13.2. The van der Waals surface area contributed by atoms with Crippen molar-refractivity contribution in [1.29, 1.82) is 0 Å². The second-order valence-corrected chi connectivity index (χ2v) is 9.76. The van der Waals surface area contributed by atoms with E-state index in [1.807, 2.05) is 31.2 Å². The predicted molar refractivity (Wildman–Crippen MR) is 110 cm³/mol. The van der Waals surface area contributed by atoms with E-state index < -0.39 is 34.4 Å². The molecule has 1 heterocycles. The zero-order valence-electron chi connectivity index (χ0n) is 15.9. The molecule has 2 unspecified atom stereocenters. The van der Waals surface area contributed by atoms with Gasteiger partial charge in [-0.05, 0) is 48.1 Å². The lowest BCUT2D eigenvalue weighted by Crippen LogP contribution is -2.11. The summed E-state index contributed by atoms with van der Waals surface area (Å²) in [6.07, 6.45) is -3.72. The van der Waals surface area contributed by atoms with Crippen LogP contribution in [0.2, 0.25) is 5.02 Å². The van der Waals surface area contributed by atoms with Crippen LogP contribution in [-0.2, 0) is 16.1 Å². The molecule has 0 aliphatic heterocycles. The molecule has 156 valence electrons. The molecule has 0 N–H and O–H groups in total. The SMILES string of the molecule is Cc1ccc(-c2ccc(Cl)c(COC(=O)C3C(/C=C(\Cl)C(F)(F)F)C3(C)C)c2)s1. The summed E-state index contributed by atoms with van der Waals surface area (Å²) in [6, 6.07) is 9.51. The Labute approximate surface area is 181 Å². The first kappa shape index (κ1) is 22.2. The molecule has 2 aromatic rings. The number of aryl methyl sites for hydroxylation is 1. The molecule has 0 amide bonds. The van der Waals surface area contributed by atoms with Crippen molar-refractivity contribution in [1.82, 2.24) is 0 Å². The average molecular weight is 463 g/mol. The Morgan fingerprint density at radius 2 is 1.97 bits per heavy atom. The van der Waals surface area contributed by atoms with Gasteiger partial charge in [-0.25, -0.2) is 0 Å². The maximum Gasteiger partial charge on any atom is 0.426 e. The summed E-state index contributed by atoms with van der Waals surface area (Å²) in [5, 5.41) is -0.755. The molecule has 0 radical (unpaired) electrons. The first-order valence-electron chi connectivity index (χ1n) is 8.87. The number of hydrogen-bond acceptors (Lipinski definition) is 3. The van der Waals surface area contributed by atoms with Crippen LogP contribution in [0.25, 0.3) is 10.4 Å². The van der Waals surface area contributed by atoms with E-state index in [0.29, 0.717) is 10.6 Å². The number of hydrogen-bond donors (Lipinski definition) is 0. The molecule has 0 saturated heterocycles. The van der Waals surface area contributed by atoms with Gasteiger partial charge in [-0.3, -0.25) is 4.79 Å². The zero-order valence-corrected chi connectivity index (χ0v) is 18.3. The normalized spacial score (nSPS) is 21.2. The topological polar surface area (TPSA) is 26.3 Å². The molecule has 1 saturated carbocycles. The quantitative estimate of drug-likeness (QED) is 0.433. The molecule has 2 atom stereocenters. The van der Waals surface area contributed by atoms with Gasteiger partial charge in [0.15, 0.2) is 0 Å². The second-order valence-electron chi connectivity index (χ2n) is 7.66. The van der Waals surface area contributed by atoms with Crippen molar-refractivity contribution in [3.8, 4) is 10.4 Å². The lowest BCUT2D eigenvalue weighted by Gasteiger charge is -2.09. The number of carbonyl (C=O) groups is 1. The van der Waals surface area contributed by atoms with Gasteiger partial charge >= 0.3 is 12.1 Å². The third kappa shape index (κ3) is 4.81. The van der Waals surface area contributed by atoms with Crippen LogP contribution >= 0.6 is 34.5 Å². The Balaban J connectivity index is 1.70. The fraction of sp³-hybridized carbons (Fsp3) is 0.381. The minimum Gasteiger partial charge on any atom is -0.461 e. The zero-order chi connectivity index (χ0) is 21.6. The molecule has 29 heavy (non-hydrogen) atoms. The summed E-state index contributed by atoms with van der Waals surface area (Å²) in [4.78, 5) is 14.7. The number of rotatable bonds is 5. The lowest BCUT2D eigenvalue weighted by atomic mass is 10.1. The standard InChI is InChI=1S/C21H19Cl2F3O2S/c1-11-4-7-16(29-11)12-5-6-15(22)13(8-12)10-28-19(27)18-14(20(18,2)3)9-17(23)21(24,25)26/h4-9,14,18H,10H2,1-3H3/b17-9-. The van der Waals surface area contributed by atoms with Crippen molar-refractivity contribution in [2.75, 3.05) is 0 Å². The van der Waals surface area contributed by atoms with Gasteiger partial charge in [-0.15, -0.1) is 11.3 Å². The van der Waals surface area contributed by atoms with E-state index >= 15 is 0 Å². The van der Waals surface area contributed by atoms with Crippen LogP contribution < -0.4 is 0 Å².